The largest absolute Gasteiger partial charge is 0.376 e. The average molecular weight is 369 g/mol. The van der Waals surface area contributed by atoms with Crippen LogP contribution in [0.15, 0.2) is 30.9 Å². The summed E-state index contributed by atoms with van der Waals surface area (Å²) in [5, 5.41) is 17.0. The molecule has 1 aromatic carbocycles. The smallest absolute Gasteiger partial charge is 0.162 e. The Labute approximate surface area is 147 Å². The highest BCUT2D eigenvalue weighted by molar-refractivity contribution is 7.11. The normalized spacial score (nSPS) is 14.0. The molecule has 0 bridgehead atoms. The van der Waals surface area contributed by atoms with Gasteiger partial charge in [-0.3, -0.25) is 0 Å². The van der Waals surface area contributed by atoms with Gasteiger partial charge in [-0.25, -0.2) is 14.6 Å². The number of aryl methyl sites for hydroxylation is 2. The summed E-state index contributed by atoms with van der Waals surface area (Å²) in [6.45, 7) is 4.03. The van der Waals surface area contributed by atoms with Crippen LogP contribution in [-0.4, -0.2) is 24.9 Å². The van der Waals surface area contributed by atoms with Gasteiger partial charge in [0.2, 0.25) is 0 Å². The van der Waals surface area contributed by atoms with E-state index in [0.29, 0.717) is 20.6 Å². The molecule has 0 spiro atoms. The van der Waals surface area contributed by atoms with Gasteiger partial charge in [0.05, 0.1) is 12.2 Å². The molecular weight excluding hydrogens is 355 g/mol. The summed E-state index contributed by atoms with van der Waals surface area (Å²) < 4.78 is 1.55. The first kappa shape index (κ1) is 16.4. The highest BCUT2D eigenvalue weighted by atomic mass is 35.5. The molecule has 0 radical (unpaired) electrons. The van der Waals surface area contributed by atoms with Gasteiger partial charge >= 0.3 is 0 Å². The predicted molar refractivity (Wildman–Crippen MR) is 91.1 cm³/mol. The van der Waals surface area contributed by atoms with Crippen molar-refractivity contribution in [2.45, 2.75) is 26.0 Å². The standard InChI is InChI=1S/C15H14Cl2N4OS/c1-9-10(2)23-14(20-9)15(22,6-21-8-18-7-19-21)12-4-3-11(16)5-13(12)17/h3-5,7-8,22H,6H2,1-2H3. The molecule has 8 heteroatoms. The van der Waals surface area contributed by atoms with Crippen LogP contribution < -0.4 is 0 Å². The summed E-state index contributed by atoms with van der Waals surface area (Å²) >= 11 is 13.8. The summed E-state index contributed by atoms with van der Waals surface area (Å²) in [7, 11) is 0. The van der Waals surface area contributed by atoms with Gasteiger partial charge in [-0.1, -0.05) is 29.3 Å². The van der Waals surface area contributed by atoms with Crippen molar-refractivity contribution in [2.75, 3.05) is 0 Å². The van der Waals surface area contributed by atoms with E-state index in [1.165, 1.54) is 17.7 Å². The third kappa shape index (κ3) is 3.12. The third-order valence-corrected chi connectivity index (χ3v) is 5.39. The number of halogens is 2. The number of hydrogen-bond donors (Lipinski definition) is 1. The van der Waals surface area contributed by atoms with E-state index in [0.717, 1.165) is 10.6 Å². The van der Waals surface area contributed by atoms with Crippen LogP contribution in [0.4, 0.5) is 0 Å². The number of thiazole rings is 1. The zero-order valence-corrected chi connectivity index (χ0v) is 14.8. The van der Waals surface area contributed by atoms with Gasteiger partial charge in [0.15, 0.2) is 5.60 Å². The topological polar surface area (TPSA) is 63.8 Å². The number of nitrogens with zero attached hydrogens (tertiary/aromatic N) is 4. The first-order valence-corrected chi connectivity index (χ1v) is 8.42. The molecular formula is C15H14Cl2N4OS. The second-order valence-electron chi connectivity index (χ2n) is 5.24. The fourth-order valence-corrected chi connectivity index (χ4v) is 3.87. The van der Waals surface area contributed by atoms with Gasteiger partial charge < -0.3 is 5.11 Å². The minimum atomic E-state index is -1.42. The molecule has 0 aliphatic rings. The lowest BCUT2D eigenvalue weighted by Gasteiger charge is -2.27. The number of aliphatic hydroxyl groups is 1. The van der Waals surface area contributed by atoms with E-state index in [1.807, 2.05) is 13.8 Å². The summed E-state index contributed by atoms with van der Waals surface area (Å²) in [6, 6.07) is 5.02. The maximum atomic E-state index is 11.5. The average Bonchev–Trinajstić information content (AvgIpc) is 3.09. The maximum absolute atomic E-state index is 11.5. The van der Waals surface area contributed by atoms with Crippen molar-refractivity contribution in [1.29, 1.82) is 0 Å². The van der Waals surface area contributed by atoms with Crippen LogP contribution in [0.3, 0.4) is 0 Å². The second-order valence-corrected chi connectivity index (χ2v) is 7.28. The van der Waals surface area contributed by atoms with Crippen LogP contribution in [0.5, 0.6) is 0 Å². The fraction of sp³-hybridized carbons (Fsp3) is 0.267. The van der Waals surface area contributed by atoms with E-state index >= 15 is 0 Å². The van der Waals surface area contributed by atoms with Crippen LogP contribution in [0.25, 0.3) is 0 Å². The van der Waals surface area contributed by atoms with Crippen molar-refractivity contribution in [2.24, 2.45) is 0 Å². The van der Waals surface area contributed by atoms with Crippen LogP contribution in [0.2, 0.25) is 10.0 Å². The van der Waals surface area contributed by atoms with Crippen molar-refractivity contribution >= 4 is 34.5 Å². The van der Waals surface area contributed by atoms with Gasteiger partial charge in [0, 0.05) is 20.5 Å². The number of rotatable bonds is 4. The number of benzene rings is 1. The number of aromatic nitrogens is 4. The zero-order valence-electron chi connectivity index (χ0n) is 12.5. The molecule has 3 aromatic rings. The van der Waals surface area contributed by atoms with Gasteiger partial charge in [0.25, 0.3) is 0 Å². The van der Waals surface area contributed by atoms with Crippen molar-refractivity contribution in [3.05, 3.63) is 62.0 Å². The lowest BCUT2D eigenvalue weighted by molar-refractivity contribution is 0.0569. The van der Waals surface area contributed by atoms with Gasteiger partial charge in [-0.2, -0.15) is 5.10 Å². The molecule has 1 unspecified atom stereocenters. The predicted octanol–water partition coefficient (Wildman–Crippen LogP) is 3.59. The molecule has 0 amide bonds. The molecule has 0 fully saturated rings. The molecule has 0 aliphatic heterocycles. The molecule has 0 saturated heterocycles. The van der Waals surface area contributed by atoms with Gasteiger partial charge in [-0.05, 0) is 26.0 Å². The highest BCUT2D eigenvalue weighted by Gasteiger charge is 2.38. The van der Waals surface area contributed by atoms with E-state index in [-0.39, 0.29) is 6.54 Å². The second kappa shape index (κ2) is 6.20. The molecule has 5 nitrogen and oxygen atoms in total. The Bertz CT molecular complexity index is 815. The monoisotopic (exact) mass is 368 g/mol. The zero-order chi connectivity index (χ0) is 16.6. The van der Waals surface area contributed by atoms with Gasteiger partial charge in [0.1, 0.15) is 17.7 Å². The summed E-state index contributed by atoms with van der Waals surface area (Å²) in [4.78, 5) is 9.48. The minimum Gasteiger partial charge on any atom is -0.376 e. The molecule has 0 saturated carbocycles. The summed E-state index contributed by atoms with van der Waals surface area (Å²) in [5.41, 5.74) is -0.00101. The molecule has 2 heterocycles. The van der Waals surface area contributed by atoms with E-state index in [9.17, 15) is 5.11 Å². The molecule has 3 rings (SSSR count). The molecule has 2 aromatic heterocycles. The summed E-state index contributed by atoms with van der Waals surface area (Å²) in [5.74, 6) is 0. The van der Waals surface area contributed by atoms with Crippen LogP contribution in [-0.2, 0) is 12.1 Å². The Morgan fingerprint density at radius 1 is 1.30 bits per heavy atom. The molecule has 23 heavy (non-hydrogen) atoms. The minimum absolute atomic E-state index is 0.154. The van der Waals surface area contributed by atoms with Crippen LogP contribution in [0, 0.1) is 13.8 Å². The lowest BCUT2D eigenvalue weighted by Crippen LogP contribution is -2.33. The Kier molecular flexibility index (Phi) is 4.42. The Hall–Kier alpha value is -1.47. The van der Waals surface area contributed by atoms with Crippen molar-refractivity contribution in [1.82, 2.24) is 19.7 Å². The van der Waals surface area contributed by atoms with Crippen molar-refractivity contribution in [3.63, 3.8) is 0 Å². The highest BCUT2D eigenvalue weighted by Crippen LogP contribution is 2.39. The van der Waals surface area contributed by atoms with Crippen molar-refractivity contribution < 1.29 is 5.11 Å². The quantitative estimate of drug-likeness (QED) is 0.763. The SMILES string of the molecule is Cc1nc(C(O)(Cn2cncn2)c2ccc(Cl)cc2Cl)sc1C. The molecule has 1 atom stereocenters. The van der Waals surface area contributed by atoms with E-state index < -0.39 is 5.60 Å². The van der Waals surface area contributed by atoms with Crippen LogP contribution >= 0.6 is 34.5 Å². The van der Waals surface area contributed by atoms with Gasteiger partial charge in [-0.15, -0.1) is 11.3 Å². The lowest BCUT2D eigenvalue weighted by atomic mass is 9.94. The third-order valence-electron chi connectivity index (χ3n) is 3.62. The Balaban J connectivity index is 2.16. The summed E-state index contributed by atoms with van der Waals surface area (Å²) in [6.07, 6.45) is 2.96. The molecule has 120 valence electrons. The van der Waals surface area contributed by atoms with E-state index in [4.69, 9.17) is 23.2 Å². The maximum Gasteiger partial charge on any atom is 0.162 e. The van der Waals surface area contributed by atoms with Crippen LogP contribution in [0.1, 0.15) is 21.1 Å². The Morgan fingerprint density at radius 2 is 2.09 bits per heavy atom. The first-order valence-electron chi connectivity index (χ1n) is 6.85. The fourth-order valence-electron chi connectivity index (χ4n) is 2.29. The Morgan fingerprint density at radius 3 is 2.65 bits per heavy atom. The van der Waals surface area contributed by atoms with E-state index in [1.54, 1.807) is 29.2 Å². The number of hydrogen-bond acceptors (Lipinski definition) is 5. The first-order chi connectivity index (χ1) is 10.9. The van der Waals surface area contributed by atoms with Crippen molar-refractivity contribution in [3.8, 4) is 0 Å². The molecule has 0 aliphatic carbocycles. The van der Waals surface area contributed by atoms with E-state index in [2.05, 4.69) is 15.1 Å². The molecule has 1 N–H and O–H groups in total.